The van der Waals surface area contributed by atoms with Crippen LogP contribution in [0.5, 0.6) is 0 Å². The van der Waals surface area contributed by atoms with Crippen LogP contribution in [0.15, 0.2) is 0 Å². The summed E-state index contributed by atoms with van der Waals surface area (Å²) in [5.41, 5.74) is 0. The molecule has 5 nitrogen and oxygen atoms in total. The third kappa shape index (κ3) is 4.18. The van der Waals surface area contributed by atoms with E-state index in [0.717, 1.165) is 0 Å². The number of sulfonamides is 1. The molecule has 0 rings (SSSR count). The standard InChI is InChI=1S/C9H3F16NO4S/c10-3(11,4(12,13)6(16,17)18)5(14,15)9(24,25)31(29,30)26(1-2(27)28)8(22,23)7(19,20)21/h1H2,(H,27,28). The van der Waals surface area contributed by atoms with E-state index in [1.807, 2.05) is 0 Å². The predicted molar refractivity (Wildman–Crippen MR) is 60.1 cm³/mol. The lowest BCUT2D eigenvalue weighted by Crippen LogP contribution is -2.71. The fraction of sp³-hybridized carbons (Fsp3) is 0.889. The van der Waals surface area contributed by atoms with E-state index in [4.69, 9.17) is 5.11 Å². The zero-order valence-electron chi connectivity index (χ0n) is 13.3. The Morgan fingerprint density at radius 1 is 0.645 bits per heavy atom. The van der Waals surface area contributed by atoms with Crippen LogP contribution in [0.25, 0.3) is 0 Å². The predicted octanol–water partition coefficient (Wildman–Crippen LogP) is 3.92. The van der Waals surface area contributed by atoms with E-state index in [1.165, 1.54) is 0 Å². The van der Waals surface area contributed by atoms with E-state index in [2.05, 4.69) is 0 Å². The molecule has 0 aromatic heterocycles. The smallest absolute Gasteiger partial charge is 0.470 e. The van der Waals surface area contributed by atoms with Crippen molar-refractivity contribution in [2.24, 2.45) is 0 Å². The Morgan fingerprint density at radius 2 is 1.00 bits per heavy atom. The minimum Gasteiger partial charge on any atom is -0.480 e. The zero-order valence-corrected chi connectivity index (χ0v) is 14.1. The average Bonchev–Trinajstić information content (AvgIpc) is 2.49. The highest BCUT2D eigenvalue weighted by Crippen LogP contribution is 2.59. The zero-order chi connectivity index (χ0) is 25.9. The summed E-state index contributed by atoms with van der Waals surface area (Å²) < 4.78 is 223. The van der Waals surface area contributed by atoms with Crippen LogP contribution < -0.4 is 0 Å². The molecule has 0 unspecified atom stereocenters. The van der Waals surface area contributed by atoms with Crippen LogP contribution in [-0.4, -0.2) is 71.8 Å². The van der Waals surface area contributed by atoms with Gasteiger partial charge in [0.2, 0.25) is 0 Å². The second-order valence-corrected chi connectivity index (χ2v) is 7.09. The van der Waals surface area contributed by atoms with Gasteiger partial charge in [-0.25, -0.2) is 8.42 Å². The van der Waals surface area contributed by atoms with Crippen LogP contribution in [0, 0.1) is 0 Å². The van der Waals surface area contributed by atoms with Crippen LogP contribution in [0.1, 0.15) is 0 Å². The summed E-state index contributed by atoms with van der Waals surface area (Å²) in [6.07, 6.45) is -15.2. The van der Waals surface area contributed by atoms with Crippen LogP contribution in [-0.2, 0) is 14.8 Å². The van der Waals surface area contributed by atoms with Gasteiger partial charge in [-0.05, 0) is 0 Å². The minimum atomic E-state index is -8.76. The van der Waals surface area contributed by atoms with Gasteiger partial charge < -0.3 is 5.11 Å². The number of carbonyl (C=O) groups is 1. The van der Waals surface area contributed by atoms with Crippen molar-refractivity contribution in [2.75, 3.05) is 6.54 Å². The monoisotopic (exact) mass is 525 g/mol. The molecule has 0 saturated carbocycles. The van der Waals surface area contributed by atoms with E-state index in [9.17, 15) is 83.5 Å². The molecule has 0 bridgehead atoms. The number of alkyl halides is 16. The van der Waals surface area contributed by atoms with Crippen molar-refractivity contribution in [3.05, 3.63) is 0 Å². The summed E-state index contributed by atoms with van der Waals surface area (Å²) in [6, 6.07) is -7.37. The topological polar surface area (TPSA) is 74.7 Å². The third-order valence-electron chi connectivity index (χ3n) is 3.06. The fourth-order valence-electron chi connectivity index (χ4n) is 1.46. The van der Waals surface area contributed by atoms with Gasteiger partial charge in [-0.15, -0.1) is 4.31 Å². The van der Waals surface area contributed by atoms with E-state index >= 15 is 0 Å². The molecule has 0 aliphatic heterocycles. The average molecular weight is 525 g/mol. The van der Waals surface area contributed by atoms with Crippen molar-refractivity contribution in [3.63, 3.8) is 0 Å². The Labute approximate surface area is 158 Å². The molecule has 0 amide bonds. The van der Waals surface area contributed by atoms with Crippen molar-refractivity contribution in [3.8, 4) is 0 Å². The van der Waals surface area contributed by atoms with E-state index in [-0.39, 0.29) is 0 Å². The van der Waals surface area contributed by atoms with Gasteiger partial charge in [-0.3, -0.25) is 4.79 Å². The van der Waals surface area contributed by atoms with Crippen LogP contribution >= 0.6 is 0 Å². The first kappa shape index (κ1) is 29.3. The number of carboxylic acids is 1. The first-order valence-corrected chi connectivity index (χ1v) is 7.75. The molecule has 0 fully saturated rings. The molecule has 22 heteroatoms. The summed E-state index contributed by atoms with van der Waals surface area (Å²) in [5, 5.41) is -0.191. The highest BCUT2D eigenvalue weighted by atomic mass is 32.2. The minimum absolute atomic E-state index is 3.22. The number of hydrogen-bond acceptors (Lipinski definition) is 3. The number of halogens is 16. The van der Waals surface area contributed by atoms with Gasteiger partial charge in [-0.1, -0.05) is 0 Å². The van der Waals surface area contributed by atoms with Gasteiger partial charge in [0.05, 0.1) is 0 Å². The second-order valence-electron chi connectivity index (χ2n) is 5.18. The Hall–Kier alpha value is -1.74. The molecule has 0 aliphatic carbocycles. The summed E-state index contributed by atoms with van der Waals surface area (Å²) in [7, 11) is -8.76. The Morgan fingerprint density at radius 3 is 1.26 bits per heavy atom. The van der Waals surface area contributed by atoms with Gasteiger partial charge in [-0.2, -0.15) is 70.2 Å². The van der Waals surface area contributed by atoms with Crippen molar-refractivity contribution >= 4 is 16.0 Å². The van der Waals surface area contributed by atoms with E-state index in [0.29, 0.717) is 0 Å². The molecular formula is C9H3F16NO4S. The Bertz CT molecular complexity index is 797. The number of carboxylic acid groups (broad SMARTS) is 1. The summed E-state index contributed by atoms with van der Waals surface area (Å²) in [6.45, 7) is -3.50. The van der Waals surface area contributed by atoms with Crippen LogP contribution in [0.2, 0.25) is 0 Å². The quantitative estimate of drug-likeness (QED) is 0.386. The highest BCUT2D eigenvalue weighted by molar-refractivity contribution is 7.90. The molecule has 0 saturated heterocycles. The molecule has 0 spiro atoms. The molecule has 0 aromatic carbocycles. The summed E-state index contributed by atoms with van der Waals surface area (Å²) in [5.74, 6) is -28.4. The first-order valence-electron chi connectivity index (χ1n) is 6.31. The van der Waals surface area contributed by atoms with Crippen molar-refractivity contribution < 1.29 is 88.6 Å². The fourth-order valence-corrected chi connectivity index (χ4v) is 2.87. The molecule has 31 heavy (non-hydrogen) atoms. The summed E-state index contributed by atoms with van der Waals surface area (Å²) >= 11 is 0. The Kier molecular flexibility index (Phi) is 6.99. The van der Waals surface area contributed by atoms with Crippen molar-refractivity contribution in [2.45, 2.75) is 41.4 Å². The van der Waals surface area contributed by atoms with Gasteiger partial charge in [0.1, 0.15) is 6.54 Å². The van der Waals surface area contributed by atoms with Crippen LogP contribution in [0.4, 0.5) is 70.2 Å². The first-order chi connectivity index (χ1) is 13.0. The van der Waals surface area contributed by atoms with Gasteiger partial charge in [0.25, 0.3) is 10.0 Å². The molecule has 0 radical (unpaired) electrons. The Balaban J connectivity index is 7.02. The number of aliphatic carboxylic acids is 1. The maximum Gasteiger partial charge on any atom is 0.470 e. The lowest BCUT2D eigenvalue weighted by molar-refractivity contribution is -0.413. The summed E-state index contributed by atoms with van der Waals surface area (Å²) in [4.78, 5) is 10.2. The van der Waals surface area contributed by atoms with Crippen molar-refractivity contribution in [1.29, 1.82) is 0 Å². The normalized spacial score (nSPS) is 16.0. The number of hydrogen-bond donors (Lipinski definition) is 1. The van der Waals surface area contributed by atoms with Crippen molar-refractivity contribution in [1.82, 2.24) is 4.31 Å². The maximum absolute atomic E-state index is 13.6. The van der Waals surface area contributed by atoms with Gasteiger partial charge >= 0.3 is 47.4 Å². The lowest BCUT2D eigenvalue weighted by atomic mass is 10.0. The molecule has 1 N–H and O–H groups in total. The van der Waals surface area contributed by atoms with Gasteiger partial charge in [0.15, 0.2) is 0 Å². The number of rotatable bonds is 8. The molecule has 0 aromatic rings. The molecule has 0 atom stereocenters. The van der Waals surface area contributed by atoms with E-state index in [1.54, 1.807) is 0 Å². The maximum atomic E-state index is 13.6. The highest BCUT2D eigenvalue weighted by Gasteiger charge is 2.90. The van der Waals surface area contributed by atoms with E-state index < -0.39 is 68.3 Å². The van der Waals surface area contributed by atoms with Gasteiger partial charge in [0, 0.05) is 0 Å². The van der Waals surface area contributed by atoms with Crippen LogP contribution in [0.3, 0.4) is 0 Å². The lowest BCUT2D eigenvalue weighted by Gasteiger charge is -2.39. The SMILES string of the molecule is O=C(O)CN(C(F)(F)C(F)(F)F)S(=O)(=O)C(F)(F)C(F)(F)C(F)(F)C(F)(F)C(F)(F)F. The second kappa shape index (κ2) is 7.40. The molecular weight excluding hydrogens is 522 g/mol. The largest absolute Gasteiger partial charge is 0.480 e. The number of nitrogens with zero attached hydrogens (tertiary/aromatic N) is 1. The molecule has 186 valence electrons. The molecule has 0 heterocycles. The third-order valence-corrected chi connectivity index (χ3v) is 4.90. The molecule has 0 aliphatic rings.